The zero-order valence-electron chi connectivity index (χ0n) is 13.8. The summed E-state index contributed by atoms with van der Waals surface area (Å²) < 4.78 is 4.69. The summed E-state index contributed by atoms with van der Waals surface area (Å²) in [6.45, 7) is 1.36. The molecule has 7 heteroatoms. The number of carbonyl (C=O) groups excluding carboxylic acids is 3. The van der Waals surface area contributed by atoms with E-state index in [9.17, 15) is 14.4 Å². The number of anilines is 1. The molecule has 1 aromatic carbocycles. The molecule has 3 rings (SSSR count). The fourth-order valence-electron chi connectivity index (χ4n) is 2.71. The highest BCUT2D eigenvalue weighted by Crippen LogP contribution is 2.24. The van der Waals surface area contributed by atoms with E-state index in [1.807, 2.05) is 17.0 Å². The monoisotopic (exact) mass is 358 g/mol. The van der Waals surface area contributed by atoms with Crippen LogP contribution in [0.25, 0.3) is 0 Å². The topological polar surface area (TPSA) is 75.7 Å². The molecule has 1 N–H and O–H groups in total. The maximum absolute atomic E-state index is 12.4. The summed E-state index contributed by atoms with van der Waals surface area (Å²) in [5, 5.41) is 4.92. The lowest BCUT2D eigenvalue weighted by atomic mass is 10.1. The van der Waals surface area contributed by atoms with Crippen LogP contribution < -0.4 is 5.32 Å². The van der Waals surface area contributed by atoms with Crippen molar-refractivity contribution in [1.82, 2.24) is 4.90 Å². The molecule has 130 valence electrons. The zero-order valence-corrected chi connectivity index (χ0v) is 14.6. The van der Waals surface area contributed by atoms with E-state index in [4.69, 9.17) is 4.74 Å². The van der Waals surface area contributed by atoms with Crippen molar-refractivity contribution >= 4 is 34.1 Å². The third-order valence-electron chi connectivity index (χ3n) is 4.06. The Bertz CT molecular complexity index is 798. The van der Waals surface area contributed by atoms with Gasteiger partial charge in [-0.05, 0) is 35.6 Å². The molecular weight excluding hydrogens is 340 g/mol. The first-order chi connectivity index (χ1) is 12.1. The van der Waals surface area contributed by atoms with Gasteiger partial charge in [0.05, 0.1) is 12.7 Å². The quantitative estimate of drug-likeness (QED) is 0.834. The molecule has 0 unspecified atom stereocenters. The number of nitrogens with zero attached hydrogens (tertiary/aromatic N) is 1. The minimum atomic E-state index is -0.484. The average molecular weight is 358 g/mol. The van der Waals surface area contributed by atoms with Gasteiger partial charge in [0.15, 0.2) is 0 Å². The van der Waals surface area contributed by atoms with E-state index in [1.165, 1.54) is 18.4 Å². The number of nitrogens with one attached hydrogen (secondary N) is 1. The SMILES string of the molecule is COC(=O)c1ccsc1NC(=O)c1ccc(CN2CCCC2=O)cc1. The number of hydrogen-bond acceptors (Lipinski definition) is 5. The molecule has 1 fully saturated rings. The van der Waals surface area contributed by atoms with E-state index in [0.717, 1.165) is 18.5 Å². The van der Waals surface area contributed by atoms with Gasteiger partial charge in [0.25, 0.3) is 5.91 Å². The first kappa shape index (κ1) is 17.2. The van der Waals surface area contributed by atoms with Crippen LogP contribution >= 0.6 is 11.3 Å². The molecule has 1 aliphatic rings. The number of hydrogen-bond donors (Lipinski definition) is 1. The second kappa shape index (κ2) is 7.48. The van der Waals surface area contributed by atoms with Gasteiger partial charge in [-0.2, -0.15) is 0 Å². The number of ether oxygens (including phenoxy) is 1. The minimum Gasteiger partial charge on any atom is -0.465 e. The third kappa shape index (κ3) is 3.88. The summed E-state index contributed by atoms with van der Waals surface area (Å²) in [5.74, 6) is -0.603. The first-order valence-corrected chi connectivity index (χ1v) is 8.80. The van der Waals surface area contributed by atoms with Crippen molar-refractivity contribution in [3.63, 3.8) is 0 Å². The van der Waals surface area contributed by atoms with E-state index in [2.05, 4.69) is 5.32 Å². The maximum Gasteiger partial charge on any atom is 0.340 e. The molecule has 1 saturated heterocycles. The second-order valence-corrected chi connectivity index (χ2v) is 6.64. The highest BCUT2D eigenvalue weighted by molar-refractivity contribution is 7.14. The van der Waals surface area contributed by atoms with Gasteiger partial charge in [-0.3, -0.25) is 9.59 Å². The van der Waals surface area contributed by atoms with E-state index in [1.54, 1.807) is 23.6 Å². The van der Waals surface area contributed by atoms with Crippen molar-refractivity contribution in [3.05, 3.63) is 52.4 Å². The number of methoxy groups -OCH3 is 1. The molecule has 0 spiro atoms. The molecule has 0 bridgehead atoms. The normalized spacial score (nSPS) is 13.8. The number of thiophene rings is 1. The maximum atomic E-state index is 12.4. The number of carbonyl (C=O) groups is 3. The van der Waals surface area contributed by atoms with Crippen LogP contribution in [-0.2, 0) is 16.1 Å². The molecule has 0 radical (unpaired) electrons. The molecule has 2 heterocycles. The molecule has 25 heavy (non-hydrogen) atoms. The van der Waals surface area contributed by atoms with Gasteiger partial charge in [0.1, 0.15) is 5.00 Å². The number of rotatable bonds is 5. The predicted molar refractivity (Wildman–Crippen MR) is 94.7 cm³/mol. The lowest BCUT2D eigenvalue weighted by Crippen LogP contribution is -2.23. The molecule has 0 atom stereocenters. The average Bonchev–Trinajstić information content (AvgIpc) is 3.24. The highest BCUT2D eigenvalue weighted by atomic mass is 32.1. The van der Waals surface area contributed by atoms with Crippen molar-refractivity contribution in [3.8, 4) is 0 Å². The van der Waals surface area contributed by atoms with Crippen molar-refractivity contribution in [2.75, 3.05) is 19.0 Å². The Morgan fingerprint density at radius 1 is 1.24 bits per heavy atom. The summed E-state index contributed by atoms with van der Waals surface area (Å²) in [7, 11) is 1.30. The van der Waals surface area contributed by atoms with Gasteiger partial charge >= 0.3 is 5.97 Å². The molecule has 2 aromatic rings. The minimum absolute atomic E-state index is 0.176. The Labute approximate surface area is 149 Å². The van der Waals surface area contributed by atoms with Crippen LogP contribution in [0.1, 0.15) is 39.1 Å². The lowest BCUT2D eigenvalue weighted by molar-refractivity contribution is -0.128. The summed E-state index contributed by atoms with van der Waals surface area (Å²) in [4.78, 5) is 37.5. The van der Waals surface area contributed by atoms with Crippen LogP contribution in [0.15, 0.2) is 35.7 Å². The van der Waals surface area contributed by atoms with Crippen LogP contribution in [0.2, 0.25) is 0 Å². The molecule has 6 nitrogen and oxygen atoms in total. The number of esters is 1. The van der Waals surface area contributed by atoms with Crippen LogP contribution in [0.4, 0.5) is 5.00 Å². The Morgan fingerprint density at radius 3 is 2.64 bits per heavy atom. The van der Waals surface area contributed by atoms with Gasteiger partial charge in [-0.1, -0.05) is 12.1 Å². The van der Waals surface area contributed by atoms with E-state index < -0.39 is 5.97 Å². The Morgan fingerprint density at radius 2 is 2.00 bits per heavy atom. The van der Waals surface area contributed by atoms with Crippen LogP contribution in [0.3, 0.4) is 0 Å². The Hall–Kier alpha value is -2.67. The summed E-state index contributed by atoms with van der Waals surface area (Å²) in [6, 6.07) is 8.74. The van der Waals surface area contributed by atoms with Crippen molar-refractivity contribution in [1.29, 1.82) is 0 Å². The predicted octanol–water partition coefficient (Wildman–Crippen LogP) is 2.91. The van der Waals surface area contributed by atoms with E-state index >= 15 is 0 Å². The van der Waals surface area contributed by atoms with Crippen molar-refractivity contribution < 1.29 is 19.1 Å². The van der Waals surface area contributed by atoms with Crippen molar-refractivity contribution in [2.24, 2.45) is 0 Å². The molecule has 1 aliphatic heterocycles. The lowest BCUT2D eigenvalue weighted by Gasteiger charge is -2.15. The molecule has 1 aromatic heterocycles. The van der Waals surface area contributed by atoms with Gasteiger partial charge in [-0.25, -0.2) is 4.79 Å². The zero-order chi connectivity index (χ0) is 17.8. The standard InChI is InChI=1S/C18H18N2O4S/c1-24-18(23)14-8-10-25-17(14)19-16(22)13-6-4-12(5-7-13)11-20-9-2-3-15(20)21/h4-8,10H,2-3,9,11H2,1H3,(H,19,22). The Balaban J connectivity index is 1.66. The smallest absolute Gasteiger partial charge is 0.340 e. The summed E-state index contributed by atoms with van der Waals surface area (Å²) in [5.41, 5.74) is 1.81. The summed E-state index contributed by atoms with van der Waals surface area (Å²) >= 11 is 1.26. The first-order valence-electron chi connectivity index (χ1n) is 7.92. The fraction of sp³-hybridized carbons (Fsp3) is 0.278. The third-order valence-corrected chi connectivity index (χ3v) is 4.89. The van der Waals surface area contributed by atoms with Gasteiger partial charge < -0.3 is 15.0 Å². The Kier molecular flexibility index (Phi) is 5.14. The fourth-order valence-corrected chi connectivity index (χ4v) is 3.48. The van der Waals surface area contributed by atoms with Crippen LogP contribution in [-0.4, -0.2) is 36.3 Å². The largest absolute Gasteiger partial charge is 0.465 e. The van der Waals surface area contributed by atoms with E-state index in [0.29, 0.717) is 29.1 Å². The van der Waals surface area contributed by atoms with Gasteiger partial charge in [-0.15, -0.1) is 11.3 Å². The van der Waals surface area contributed by atoms with Crippen molar-refractivity contribution in [2.45, 2.75) is 19.4 Å². The number of benzene rings is 1. The van der Waals surface area contributed by atoms with Gasteiger partial charge in [0.2, 0.25) is 5.91 Å². The van der Waals surface area contributed by atoms with Crippen LogP contribution in [0, 0.1) is 0 Å². The number of amides is 2. The molecule has 0 aliphatic carbocycles. The number of likely N-dealkylation sites (tertiary alicyclic amines) is 1. The highest BCUT2D eigenvalue weighted by Gasteiger charge is 2.20. The van der Waals surface area contributed by atoms with Gasteiger partial charge in [0, 0.05) is 25.1 Å². The molecule has 2 amide bonds. The second-order valence-electron chi connectivity index (χ2n) is 5.72. The molecule has 0 saturated carbocycles. The van der Waals surface area contributed by atoms with Crippen LogP contribution in [0.5, 0.6) is 0 Å². The molecular formula is C18H18N2O4S. The van der Waals surface area contributed by atoms with E-state index in [-0.39, 0.29) is 11.8 Å². The summed E-state index contributed by atoms with van der Waals surface area (Å²) in [6.07, 6.45) is 1.52.